The molecule has 0 fully saturated rings. The number of halogens is 3. The highest BCUT2D eigenvalue weighted by Crippen LogP contribution is 2.31. The molecular formula is C6H5F3O2S. The van der Waals surface area contributed by atoms with Gasteiger partial charge in [0.15, 0.2) is 0 Å². The molecule has 1 aliphatic carbocycles. The van der Waals surface area contributed by atoms with Crippen molar-refractivity contribution in [1.29, 1.82) is 0 Å². The Morgan fingerprint density at radius 3 is 2.25 bits per heavy atom. The van der Waals surface area contributed by atoms with Crippen LogP contribution in [0.1, 0.15) is 6.42 Å². The van der Waals surface area contributed by atoms with Crippen LogP contribution >= 0.6 is 0 Å². The molecular weight excluding hydrogens is 193 g/mol. The molecule has 0 saturated carbocycles. The van der Waals surface area contributed by atoms with E-state index < -0.39 is 20.3 Å². The van der Waals surface area contributed by atoms with Gasteiger partial charge in [0.05, 0.1) is 4.91 Å². The van der Waals surface area contributed by atoms with Crippen LogP contribution in [-0.4, -0.2) is 13.9 Å². The monoisotopic (exact) mass is 198 g/mol. The second-order valence-corrected chi connectivity index (χ2v) is 4.13. The quantitative estimate of drug-likeness (QED) is 0.643. The van der Waals surface area contributed by atoms with Crippen LogP contribution < -0.4 is 0 Å². The molecule has 0 N–H and O–H groups in total. The van der Waals surface area contributed by atoms with Crippen LogP contribution in [0.3, 0.4) is 0 Å². The molecule has 0 radical (unpaired) electrons. The standard InChI is InChI=1S/C6H5F3O2S/c7-6(8,9)12(10,11)5-3-1-2-4-5/h1,3-4H,2H2. The van der Waals surface area contributed by atoms with E-state index in [4.69, 9.17) is 0 Å². The molecule has 12 heavy (non-hydrogen) atoms. The average Bonchev–Trinajstić information content (AvgIpc) is 2.34. The van der Waals surface area contributed by atoms with Gasteiger partial charge >= 0.3 is 5.51 Å². The first kappa shape index (κ1) is 9.31. The Morgan fingerprint density at radius 2 is 1.92 bits per heavy atom. The van der Waals surface area contributed by atoms with E-state index in [0.29, 0.717) is 0 Å². The van der Waals surface area contributed by atoms with Gasteiger partial charge in [-0.1, -0.05) is 12.2 Å². The van der Waals surface area contributed by atoms with E-state index in [9.17, 15) is 21.6 Å². The van der Waals surface area contributed by atoms with Crippen molar-refractivity contribution >= 4 is 9.84 Å². The Hall–Kier alpha value is -0.780. The van der Waals surface area contributed by atoms with Crippen LogP contribution in [0, 0.1) is 0 Å². The molecule has 0 aliphatic heterocycles. The minimum Gasteiger partial charge on any atom is -0.214 e. The smallest absolute Gasteiger partial charge is 0.214 e. The molecule has 0 spiro atoms. The van der Waals surface area contributed by atoms with Crippen molar-refractivity contribution in [3.05, 3.63) is 23.1 Å². The van der Waals surface area contributed by atoms with Crippen molar-refractivity contribution in [3.63, 3.8) is 0 Å². The lowest BCUT2D eigenvalue weighted by Crippen LogP contribution is -2.23. The number of rotatable bonds is 1. The summed E-state index contributed by atoms with van der Waals surface area (Å²) in [6.45, 7) is 0. The van der Waals surface area contributed by atoms with Gasteiger partial charge in [-0.15, -0.1) is 0 Å². The number of hydrogen-bond acceptors (Lipinski definition) is 2. The first-order valence-corrected chi connectivity index (χ1v) is 4.52. The van der Waals surface area contributed by atoms with Crippen LogP contribution in [0.15, 0.2) is 23.1 Å². The van der Waals surface area contributed by atoms with Gasteiger partial charge in [0, 0.05) is 0 Å². The maximum atomic E-state index is 11.8. The highest BCUT2D eigenvalue weighted by atomic mass is 32.2. The van der Waals surface area contributed by atoms with Crippen molar-refractivity contribution in [2.75, 3.05) is 0 Å². The Kier molecular flexibility index (Phi) is 2.03. The third kappa shape index (κ3) is 1.38. The van der Waals surface area contributed by atoms with Crippen molar-refractivity contribution in [2.24, 2.45) is 0 Å². The Labute approximate surface area is 67.3 Å². The summed E-state index contributed by atoms with van der Waals surface area (Å²) in [5, 5.41) is 0. The summed E-state index contributed by atoms with van der Waals surface area (Å²) in [6.07, 6.45) is 3.59. The highest BCUT2D eigenvalue weighted by molar-refractivity contribution is 7.96. The normalized spacial score (nSPS) is 18.1. The average molecular weight is 198 g/mol. The van der Waals surface area contributed by atoms with Gasteiger partial charge < -0.3 is 0 Å². The summed E-state index contributed by atoms with van der Waals surface area (Å²) in [5.41, 5.74) is -5.19. The fraction of sp³-hybridized carbons (Fsp3) is 0.333. The molecule has 1 rings (SSSR count). The summed E-state index contributed by atoms with van der Waals surface area (Å²) in [6, 6.07) is 0. The molecule has 68 valence electrons. The van der Waals surface area contributed by atoms with Gasteiger partial charge in [0.1, 0.15) is 0 Å². The largest absolute Gasteiger partial charge is 0.501 e. The van der Waals surface area contributed by atoms with Crippen LogP contribution in [0.4, 0.5) is 13.2 Å². The number of sulfone groups is 1. The first-order valence-electron chi connectivity index (χ1n) is 3.04. The van der Waals surface area contributed by atoms with Crippen LogP contribution in [-0.2, 0) is 9.84 Å². The van der Waals surface area contributed by atoms with Crippen LogP contribution in [0.5, 0.6) is 0 Å². The van der Waals surface area contributed by atoms with Gasteiger partial charge in [-0.25, -0.2) is 8.42 Å². The zero-order valence-corrected chi connectivity index (χ0v) is 6.61. The molecule has 0 aromatic rings. The van der Waals surface area contributed by atoms with Gasteiger partial charge in [-0.3, -0.25) is 0 Å². The third-order valence-electron chi connectivity index (χ3n) is 1.35. The molecule has 0 aromatic heterocycles. The van der Waals surface area contributed by atoms with E-state index in [-0.39, 0.29) is 6.42 Å². The first-order chi connectivity index (χ1) is 5.36. The topological polar surface area (TPSA) is 34.1 Å². The predicted molar refractivity (Wildman–Crippen MR) is 36.8 cm³/mol. The fourth-order valence-electron chi connectivity index (χ4n) is 0.769. The summed E-state index contributed by atoms with van der Waals surface area (Å²) < 4.78 is 56.7. The minimum absolute atomic E-state index is 0.241. The van der Waals surface area contributed by atoms with Gasteiger partial charge in [-0.05, 0) is 12.5 Å². The number of alkyl halides is 3. The highest BCUT2D eigenvalue weighted by Gasteiger charge is 2.47. The molecule has 0 unspecified atom stereocenters. The maximum absolute atomic E-state index is 11.8. The zero-order valence-electron chi connectivity index (χ0n) is 5.80. The third-order valence-corrected chi connectivity index (χ3v) is 2.89. The van der Waals surface area contributed by atoms with Crippen molar-refractivity contribution in [2.45, 2.75) is 11.9 Å². The number of hydrogen-bond donors (Lipinski definition) is 0. The van der Waals surface area contributed by atoms with E-state index in [1.165, 1.54) is 6.08 Å². The lowest BCUT2D eigenvalue weighted by Gasteiger charge is -2.06. The van der Waals surface area contributed by atoms with Crippen LogP contribution in [0.2, 0.25) is 0 Å². The minimum atomic E-state index is -5.19. The van der Waals surface area contributed by atoms with Crippen molar-refractivity contribution < 1.29 is 21.6 Å². The molecule has 0 aromatic carbocycles. The van der Waals surface area contributed by atoms with Crippen LogP contribution in [0.25, 0.3) is 0 Å². The Bertz CT molecular complexity index is 334. The van der Waals surface area contributed by atoms with E-state index in [0.717, 1.165) is 12.2 Å². The van der Waals surface area contributed by atoms with E-state index >= 15 is 0 Å². The lowest BCUT2D eigenvalue weighted by atomic mass is 10.5. The summed E-state index contributed by atoms with van der Waals surface area (Å²) in [4.78, 5) is -0.657. The molecule has 1 aliphatic rings. The molecule has 0 saturated heterocycles. The van der Waals surface area contributed by atoms with E-state index in [1.54, 1.807) is 0 Å². The number of allylic oxidation sites excluding steroid dienone is 3. The predicted octanol–water partition coefficient (Wildman–Crippen LogP) is 1.76. The summed E-state index contributed by atoms with van der Waals surface area (Å²) in [5.74, 6) is 0. The van der Waals surface area contributed by atoms with Gasteiger partial charge in [0.25, 0.3) is 9.84 Å². The van der Waals surface area contributed by atoms with Crippen molar-refractivity contribution in [3.8, 4) is 0 Å². The Balaban J connectivity index is 3.11. The van der Waals surface area contributed by atoms with Gasteiger partial charge in [0.2, 0.25) is 0 Å². The molecule has 0 heterocycles. The molecule has 6 heteroatoms. The summed E-state index contributed by atoms with van der Waals surface area (Å²) >= 11 is 0. The SMILES string of the molecule is O=S(=O)(C1=CCC=C1)C(F)(F)F. The van der Waals surface area contributed by atoms with Crippen molar-refractivity contribution in [1.82, 2.24) is 0 Å². The lowest BCUT2D eigenvalue weighted by molar-refractivity contribution is -0.0425. The summed E-state index contributed by atoms with van der Waals surface area (Å²) in [7, 11) is -5.10. The molecule has 0 amide bonds. The van der Waals surface area contributed by atoms with E-state index in [2.05, 4.69) is 0 Å². The zero-order chi connectivity index (χ0) is 9.41. The van der Waals surface area contributed by atoms with Gasteiger partial charge in [-0.2, -0.15) is 13.2 Å². The molecule has 2 nitrogen and oxygen atoms in total. The Morgan fingerprint density at radius 1 is 1.33 bits per heavy atom. The second kappa shape index (κ2) is 2.62. The van der Waals surface area contributed by atoms with E-state index in [1.807, 2.05) is 0 Å². The molecule has 0 bridgehead atoms. The maximum Gasteiger partial charge on any atom is 0.501 e. The second-order valence-electron chi connectivity index (χ2n) is 2.19. The molecule has 0 atom stereocenters. The fourth-order valence-corrected chi connectivity index (χ4v) is 1.63.